The fourth-order valence-electron chi connectivity index (χ4n) is 2.75. The molecule has 2 aromatic carbocycles. The van der Waals surface area contributed by atoms with Crippen LogP contribution in [-0.4, -0.2) is 27.5 Å². The van der Waals surface area contributed by atoms with E-state index in [1.165, 1.54) is 35.6 Å². The molecule has 31 heavy (non-hydrogen) atoms. The molecule has 8 heteroatoms. The number of terminal acetylenes is 1. The fraction of sp³-hybridized carbons (Fsp3) is 0.174. The van der Waals surface area contributed by atoms with Gasteiger partial charge >= 0.3 is 0 Å². The lowest BCUT2D eigenvalue weighted by Crippen LogP contribution is -2.26. The number of nitrogens with one attached hydrogen (secondary N) is 2. The summed E-state index contributed by atoms with van der Waals surface area (Å²) >= 11 is 1.48. The zero-order valence-electron chi connectivity index (χ0n) is 16.7. The Morgan fingerprint density at radius 2 is 1.81 bits per heavy atom. The van der Waals surface area contributed by atoms with E-state index in [1.807, 2.05) is 41.8 Å². The zero-order chi connectivity index (χ0) is 22.1. The lowest BCUT2D eigenvalue weighted by molar-refractivity contribution is 0.0954. The van der Waals surface area contributed by atoms with Crippen molar-refractivity contribution in [3.8, 4) is 18.1 Å². The number of hydrogen-bond donors (Lipinski definition) is 2. The maximum atomic E-state index is 12.4. The summed E-state index contributed by atoms with van der Waals surface area (Å²) in [5, 5.41) is 4.73. The molecule has 3 rings (SSSR count). The van der Waals surface area contributed by atoms with Crippen LogP contribution >= 0.6 is 11.3 Å². The van der Waals surface area contributed by atoms with Crippen molar-refractivity contribution in [3.05, 3.63) is 82.0 Å². The van der Waals surface area contributed by atoms with E-state index in [0.717, 1.165) is 10.4 Å². The summed E-state index contributed by atoms with van der Waals surface area (Å²) < 4.78 is 32.7. The number of sulfonamides is 1. The summed E-state index contributed by atoms with van der Waals surface area (Å²) in [6.45, 7) is 0.908. The van der Waals surface area contributed by atoms with Crippen molar-refractivity contribution in [2.75, 3.05) is 13.2 Å². The van der Waals surface area contributed by atoms with Crippen molar-refractivity contribution < 1.29 is 17.9 Å². The summed E-state index contributed by atoms with van der Waals surface area (Å²) in [6, 6.07) is 17.1. The van der Waals surface area contributed by atoms with Crippen molar-refractivity contribution in [2.45, 2.75) is 17.9 Å². The number of carbonyl (C=O) groups is 1. The molecular weight excluding hydrogens is 432 g/mol. The third-order valence-electron chi connectivity index (χ3n) is 4.39. The highest BCUT2D eigenvalue weighted by atomic mass is 32.2. The fourth-order valence-corrected chi connectivity index (χ4v) is 4.49. The van der Waals surface area contributed by atoms with Gasteiger partial charge in [-0.05, 0) is 59.8 Å². The van der Waals surface area contributed by atoms with E-state index in [0.29, 0.717) is 24.3 Å². The molecule has 6 nitrogen and oxygen atoms in total. The third-order valence-corrected chi connectivity index (χ3v) is 6.68. The molecule has 2 N–H and O–H groups in total. The Balaban J connectivity index is 1.49. The Morgan fingerprint density at radius 1 is 1.06 bits per heavy atom. The summed E-state index contributed by atoms with van der Waals surface area (Å²) in [5.41, 5.74) is 1.45. The molecule has 1 heterocycles. The highest BCUT2D eigenvalue weighted by molar-refractivity contribution is 7.89. The van der Waals surface area contributed by atoms with Gasteiger partial charge in [0.2, 0.25) is 10.0 Å². The molecule has 3 aromatic rings. The molecule has 0 unspecified atom stereocenters. The quantitative estimate of drug-likeness (QED) is 0.461. The van der Waals surface area contributed by atoms with Crippen LogP contribution in [0.5, 0.6) is 5.75 Å². The number of benzene rings is 2. The highest BCUT2D eigenvalue weighted by Gasteiger charge is 2.15. The SMILES string of the molecule is C#CCOc1ccc(CCNC(=O)c2ccc(S(=O)(=O)NCc3cccs3)cc2)cc1. The first-order valence-corrected chi connectivity index (χ1v) is 11.9. The zero-order valence-corrected chi connectivity index (χ0v) is 18.3. The van der Waals surface area contributed by atoms with Gasteiger partial charge in [-0.1, -0.05) is 24.1 Å². The van der Waals surface area contributed by atoms with Crippen molar-refractivity contribution in [1.29, 1.82) is 0 Å². The molecule has 1 amide bonds. The molecule has 0 fully saturated rings. The first kappa shape index (κ1) is 22.6. The van der Waals surface area contributed by atoms with Crippen LogP contribution in [0.3, 0.4) is 0 Å². The average molecular weight is 455 g/mol. The van der Waals surface area contributed by atoms with Gasteiger partial charge in [-0.3, -0.25) is 4.79 Å². The van der Waals surface area contributed by atoms with Gasteiger partial charge in [0.15, 0.2) is 0 Å². The van der Waals surface area contributed by atoms with Gasteiger partial charge in [0, 0.05) is 23.5 Å². The normalized spacial score (nSPS) is 10.9. The van der Waals surface area contributed by atoms with E-state index in [2.05, 4.69) is 16.0 Å². The van der Waals surface area contributed by atoms with Gasteiger partial charge in [0.1, 0.15) is 12.4 Å². The smallest absolute Gasteiger partial charge is 0.251 e. The molecule has 0 aliphatic carbocycles. The Kier molecular flexibility index (Phi) is 7.84. The first-order valence-electron chi connectivity index (χ1n) is 9.53. The predicted octanol–water partition coefficient (Wildman–Crippen LogP) is 3.21. The predicted molar refractivity (Wildman–Crippen MR) is 122 cm³/mol. The molecule has 0 saturated carbocycles. The van der Waals surface area contributed by atoms with Crippen molar-refractivity contribution >= 4 is 27.3 Å². The third kappa shape index (κ3) is 6.69. The molecule has 1 aromatic heterocycles. The topological polar surface area (TPSA) is 84.5 Å². The van der Waals surface area contributed by atoms with E-state index in [-0.39, 0.29) is 24.0 Å². The van der Waals surface area contributed by atoms with Crippen molar-refractivity contribution in [3.63, 3.8) is 0 Å². The number of ether oxygens (including phenoxy) is 1. The molecule has 0 bridgehead atoms. The van der Waals surface area contributed by atoms with E-state index in [9.17, 15) is 13.2 Å². The standard InChI is InChI=1S/C23H22N2O4S2/c1-2-15-29-20-9-5-18(6-10-20)13-14-24-23(26)19-7-11-22(12-8-19)31(27,28)25-17-21-4-3-16-30-21/h1,3-12,16,25H,13-15,17H2,(H,24,26). The van der Waals surface area contributed by atoms with Crippen LogP contribution in [0.2, 0.25) is 0 Å². The average Bonchev–Trinajstić information content (AvgIpc) is 3.31. The summed E-state index contributed by atoms with van der Waals surface area (Å²) in [6.07, 6.45) is 5.81. The maximum Gasteiger partial charge on any atom is 0.251 e. The number of rotatable bonds is 10. The Labute approximate surface area is 186 Å². The molecule has 0 radical (unpaired) electrons. The van der Waals surface area contributed by atoms with Crippen LogP contribution < -0.4 is 14.8 Å². The van der Waals surface area contributed by atoms with E-state index < -0.39 is 10.0 Å². The van der Waals surface area contributed by atoms with Crippen LogP contribution in [0.4, 0.5) is 0 Å². The van der Waals surface area contributed by atoms with Gasteiger partial charge in [0.25, 0.3) is 5.91 Å². The van der Waals surface area contributed by atoms with E-state index in [4.69, 9.17) is 11.2 Å². The molecular formula is C23H22N2O4S2. The molecule has 0 atom stereocenters. The second-order valence-electron chi connectivity index (χ2n) is 6.57. The van der Waals surface area contributed by atoms with Gasteiger partial charge in [-0.25, -0.2) is 13.1 Å². The number of hydrogen-bond acceptors (Lipinski definition) is 5. The van der Waals surface area contributed by atoms with E-state index in [1.54, 1.807) is 0 Å². The monoisotopic (exact) mass is 454 g/mol. The second kappa shape index (κ2) is 10.8. The van der Waals surface area contributed by atoms with Crippen LogP contribution in [0.1, 0.15) is 20.8 Å². The molecule has 0 saturated heterocycles. The molecule has 0 aliphatic heterocycles. The van der Waals surface area contributed by atoms with Crippen LogP contribution in [-0.2, 0) is 23.0 Å². The minimum Gasteiger partial charge on any atom is -0.481 e. The summed E-state index contributed by atoms with van der Waals surface area (Å²) in [4.78, 5) is 13.4. The number of thiophene rings is 1. The first-order chi connectivity index (χ1) is 15.0. The summed E-state index contributed by atoms with van der Waals surface area (Å²) in [7, 11) is -3.64. The lowest BCUT2D eigenvalue weighted by Gasteiger charge is -2.08. The summed E-state index contributed by atoms with van der Waals surface area (Å²) in [5.74, 6) is 2.85. The minimum atomic E-state index is -3.64. The van der Waals surface area contributed by atoms with Gasteiger partial charge in [-0.15, -0.1) is 17.8 Å². The maximum absolute atomic E-state index is 12.4. The van der Waals surface area contributed by atoms with E-state index >= 15 is 0 Å². The van der Waals surface area contributed by atoms with Gasteiger partial charge in [0.05, 0.1) is 4.90 Å². The molecule has 160 valence electrons. The number of amides is 1. The second-order valence-corrected chi connectivity index (χ2v) is 9.37. The van der Waals surface area contributed by atoms with Gasteiger partial charge in [-0.2, -0.15) is 0 Å². The van der Waals surface area contributed by atoms with Crippen molar-refractivity contribution in [2.24, 2.45) is 0 Å². The van der Waals surface area contributed by atoms with Crippen molar-refractivity contribution in [1.82, 2.24) is 10.0 Å². The van der Waals surface area contributed by atoms with Crippen LogP contribution in [0, 0.1) is 12.3 Å². The Hall–Kier alpha value is -3.12. The van der Waals surface area contributed by atoms with Gasteiger partial charge < -0.3 is 10.1 Å². The van der Waals surface area contributed by atoms with Crippen LogP contribution in [0.15, 0.2) is 70.9 Å². The van der Waals surface area contributed by atoms with Crippen LogP contribution in [0.25, 0.3) is 0 Å². The lowest BCUT2D eigenvalue weighted by atomic mass is 10.1. The largest absolute Gasteiger partial charge is 0.481 e. The molecule has 0 aliphatic rings. The minimum absolute atomic E-state index is 0.118. The number of carbonyl (C=O) groups excluding carboxylic acids is 1. The highest BCUT2D eigenvalue weighted by Crippen LogP contribution is 2.14. The molecule has 0 spiro atoms. The Bertz CT molecular complexity index is 1130. The Morgan fingerprint density at radius 3 is 2.45 bits per heavy atom.